The zero-order valence-electron chi connectivity index (χ0n) is 14.6. The summed E-state index contributed by atoms with van der Waals surface area (Å²) in [5, 5.41) is 5.94. The van der Waals surface area contributed by atoms with Crippen molar-refractivity contribution in [2.45, 2.75) is 32.7 Å². The van der Waals surface area contributed by atoms with E-state index in [1.54, 1.807) is 16.2 Å². The Bertz CT molecular complexity index is 825. The fourth-order valence-corrected chi connectivity index (χ4v) is 3.19. The van der Waals surface area contributed by atoms with Crippen LogP contribution >= 0.6 is 11.3 Å². The topological polar surface area (TPSA) is 59.2 Å². The molecule has 0 aliphatic rings. The zero-order chi connectivity index (χ0) is 17.8. The molecule has 2 aromatic heterocycles. The molecule has 0 saturated heterocycles. The van der Waals surface area contributed by atoms with Gasteiger partial charge in [0.15, 0.2) is 0 Å². The Kier molecular flexibility index (Phi) is 5.28. The Morgan fingerprint density at radius 3 is 2.72 bits per heavy atom. The predicted molar refractivity (Wildman–Crippen MR) is 98.3 cm³/mol. The zero-order valence-corrected chi connectivity index (χ0v) is 15.4. The second-order valence-electron chi connectivity index (χ2n) is 6.08. The number of aryl methyl sites for hydroxylation is 2. The van der Waals surface area contributed by atoms with E-state index >= 15 is 0 Å². The Hall–Kier alpha value is -2.47. The molecule has 1 amide bonds. The summed E-state index contributed by atoms with van der Waals surface area (Å²) in [6.07, 6.45) is 0.793. The molecule has 6 heteroatoms. The molecule has 0 radical (unpaired) electrons. The summed E-state index contributed by atoms with van der Waals surface area (Å²) in [5.74, 6) is 1.14. The number of amides is 1. The molecule has 0 N–H and O–H groups in total. The van der Waals surface area contributed by atoms with Crippen molar-refractivity contribution < 1.29 is 9.32 Å². The van der Waals surface area contributed by atoms with Gasteiger partial charge in [0.05, 0.1) is 10.9 Å². The molecule has 0 aliphatic heterocycles. The van der Waals surface area contributed by atoms with Crippen LogP contribution in [0.2, 0.25) is 0 Å². The van der Waals surface area contributed by atoms with Crippen molar-refractivity contribution in [3.05, 3.63) is 58.8 Å². The van der Waals surface area contributed by atoms with Crippen LogP contribution in [0.4, 0.5) is 0 Å². The molecule has 0 fully saturated rings. The van der Waals surface area contributed by atoms with Crippen LogP contribution in [-0.4, -0.2) is 28.0 Å². The van der Waals surface area contributed by atoms with Crippen molar-refractivity contribution in [3.63, 3.8) is 0 Å². The first-order valence-corrected chi connectivity index (χ1v) is 9.11. The summed E-state index contributed by atoms with van der Waals surface area (Å²) in [7, 11) is 1.83. The van der Waals surface area contributed by atoms with Crippen LogP contribution in [-0.2, 0) is 11.2 Å². The average Bonchev–Trinajstić information content (AvgIpc) is 3.30. The first-order chi connectivity index (χ1) is 12.0. The van der Waals surface area contributed by atoms with E-state index in [1.807, 2.05) is 31.5 Å². The van der Waals surface area contributed by atoms with Gasteiger partial charge in [0.1, 0.15) is 0 Å². The Morgan fingerprint density at radius 2 is 2.04 bits per heavy atom. The van der Waals surface area contributed by atoms with Crippen molar-refractivity contribution in [2.75, 3.05) is 7.05 Å². The molecule has 0 saturated carbocycles. The number of thiophene rings is 1. The molecule has 1 aromatic carbocycles. The fourth-order valence-electron chi connectivity index (χ4n) is 2.54. The van der Waals surface area contributed by atoms with Crippen LogP contribution in [0.15, 0.2) is 46.3 Å². The molecule has 3 rings (SSSR count). The maximum absolute atomic E-state index is 12.5. The van der Waals surface area contributed by atoms with Gasteiger partial charge in [-0.3, -0.25) is 4.79 Å². The molecule has 0 bridgehead atoms. The highest BCUT2D eigenvalue weighted by Gasteiger charge is 2.18. The number of carbonyl (C=O) groups is 1. The molecule has 0 aliphatic carbocycles. The molecule has 0 spiro atoms. The molecule has 3 aromatic rings. The predicted octanol–water partition coefficient (Wildman–Crippen LogP) is 4.26. The van der Waals surface area contributed by atoms with Gasteiger partial charge in [-0.1, -0.05) is 41.1 Å². The summed E-state index contributed by atoms with van der Waals surface area (Å²) in [6, 6.07) is 12.2. The highest BCUT2D eigenvalue weighted by atomic mass is 32.1. The maximum atomic E-state index is 12.5. The highest BCUT2D eigenvalue weighted by Crippen LogP contribution is 2.22. The van der Waals surface area contributed by atoms with Crippen molar-refractivity contribution in [1.29, 1.82) is 0 Å². The third-order valence-electron chi connectivity index (χ3n) is 4.30. The monoisotopic (exact) mass is 355 g/mol. The van der Waals surface area contributed by atoms with E-state index < -0.39 is 0 Å². The SMILES string of the molecule is Cc1ccc(C(C)N(C)C(=O)CCc2nc(-c3cccs3)no2)cc1. The molecule has 130 valence electrons. The molecule has 1 atom stereocenters. The van der Waals surface area contributed by atoms with E-state index in [0.717, 1.165) is 10.4 Å². The number of aromatic nitrogens is 2. The number of hydrogen-bond donors (Lipinski definition) is 0. The summed E-state index contributed by atoms with van der Waals surface area (Å²) in [4.78, 5) is 19.6. The van der Waals surface area contributed by atoms with Crippen LogP contribution in [0.25, 0.3) is 10.7 Å². The number of rotatable bonds is 6. The smallest absolute Gasteiger partial charge is 0.227 e. The summed E-state index contributed by atoms with van der Waals surface area (Å²) in [5.41, 5.74) is 2.34. The van der Waals surface area contributed by atoms with Gasteiger partial charge in [-0.15, -0.1) is 11.3 Å². The largest absolute Gasteiger partial charge is 0.339 e. The molecular weight excluding hydrogens is 334 g/mol. The Morgan fingerprint density at radius 1 is 1.28 bits per heavy atom. The third-order valence-corrected chi connectivity index (χ3v) is 5.16. The van der Waals surface area contributed by atoms with E-state index in [4.69, 9.17) is 4.52 Å². The Balaban J connectivity index is 1.57. The van der Waals surface area contributed by atoms with Gasteiger partial charge in [0, 0.05) is 19.9 Å². The number of carbonyl (C=O) groups excluding carboxylic acids is 1. The standard InChI is InChI=1S/C19H21N3O2S/c1-13-6-8-15(9-7-13)14(2)22(3)18(23)11-10-17-20-19(21-24-17)16-5-4-12-25-16/h4-9,12,14H,10-11H2,1-3H3. The summed E-state index contributed by atoms with van der Waals surface area (Å²) < 4.78 is 5.25. The highest BCUT2D eigenvalue weighted by molar-refractivity contribution is 7.13. The quantitative estimate of drug-likeness (QED) is 0.663. The summed E-state index contributed by atoms with van der Waals surface area (Å²) in [6.45, 7) is 4.09. The molecule has 25 heavy (non-hydrogen) atoms. The summed E-state index contributed by atoms with van der Waals surface area (Å²) >= 11 is 1.56. The lowest BCUT2D eigenvalue weighted by Gasteiger charge is -2.25. The van der Waals surface area contributed by atoms with Crippen molar-refractivity contribution in [2.24, 2.45) is 0 Å². The van der Waals surface area contributed by atoms with Crippen LogP contribution in [0, 0.1) is 6.92 Å². The molecule has 5 nitrogen and oxygen atoms in total. The average molecular weight is 355 g/mol. The maximum Gasteiger partial charge on any atom is 0.227 e. The minimum absolute atomic E-state index is 0.0254. The molecule has 2 heterocycles. The molecule has 1 unspecified atom stereocenters. The van der Waals surface area contributed by atoms with E-state index in [2.05, 4.69) is 41.3 Å². The lowest BCUT2D eigenvalue weighted by atomic mass is 10.1. The second kappa shape index (κ2) is 7.61. The van der Waals surface area contributed by atoms with Crippen molar-refractivity contribution in [3.8, 4) is 10.7 Å². The number of nitrogens with zero attached hydrogens (tertiary/aromatic N) is 3. The van der Waals surface area contributed by atoms with Gasteiger partial charge in [-0.25, -0.2) is 0 Å². The van der Waals surface area contributed by atoms with Crippen LogP contribution in [0.1, 0.15) is 36.4 Å². The lowest BCUT2D eigenvalue weighted by Crippen LogP contribution is -2.29. The lowest BCUT2D eigenvalue weighted by molar-refractivity contribution is -0.131. The minimum Gasteiger partial charge on any atom is -0.339 e. The first kappa shape index (κ1) is 17.4. The van der Waals surface area contributed by atoms with E-state index in [1.165, 1.54) is 5.56 Å². The van der Waals surface area contributed by atoms with Gasteiger partial charge in [0.25, 0.3) is 0 Å². The second-order valence-corrected chi connectivity index (χ2v) is 7.03. The van der Waals surface area contributed by atoms with Gasteiger partial charge < -0.3 is 9.42 Å². The number of hydrogen-bond acceptors (Lipinski definition) is 5. The van der Waals surface area contributed by atoms with Crippen molar-refractivity contribution >= 4 is 17.2 Å². The minimum atomic E-state index is 0.0254. The van der Waals surface area contributed by atoms with Crippen molar-refractivity contribution in [1.82, 2.24) is 15.0 Å². The van der Waals surface area contributed by atoms with Crippen LogP contribution < -0.4 is 0 Å². The van der Waals surface area contributed by atoms with Gasteiger partial charge in [-0.05, 0) is 30.9 Å². The van der Waals surface area contributed by atoms with E-state index in [-0.39, 0.29) is 11.9 Å². The van der Waals surface area contributed by atoms with E-state index in [0.29, 0.717) is 24.6 Å². The van der Waals surface area contributed by atoms with Gasteiger partial charge >= 0.3 is 0 Å². The first-order valence-electron chi connectivity index (χ1n) is 8.23. The van der Waals surface area contributed by atoms with Crippen LogP contribution in [0.3, 0.4) is 0 Å². The molecular formula is C19H21N3O2S. The van der Waals surface area contributed by atoms with Crippen LogP contribution in [0.5, 0.6) is 0 Å². The Labute approximate surface area is 151 Å². The fraction of sp³-hybridized carbons (Fsp3) is 0.316. The third kappa shape index (κ3) is 4.14. The van der Waals surface area contributed by atoms with Gasteiger partial charge in [0.2, 0.25) is 17.6 Å². The van der Waals surface area contributed by atoms with Gasteiger partial charge in [-0.2, -0.15) is 4.98 Å². The number of benzene rings is 1. The normalized spacial score (nSPS) is 12.1. The van der Waals surface area contributed by atoms with E-state index in [9.17, 15) is 4.79 Å².